The Morgan fingerprint density at radius 3 is 2.35 bits per heavy atom. The van der Waals surface area contributed by atoms with Crippen molar-refractivity contribution in [3.8, 4) is 5.75 Å². The van der Waals surface area contributed by atoms with E-state index in [2.05, 4.69) is 5.32 Å². The van der Waals surface area contributed by atoms with Crippen LogP contribution < -0.4 is 15.0 Å². The summed E-state index contributed by atoms with van der Waals surface area (Å²) in [7, 11) is 1.49. The van der Waals surface area contributed by atoms with Gasteiger partial charge in [0.2, 0.25) is 0 Å². The predicted octanol–water partition coefficient (Wildman–Crippen LogP) is 5.19. The maximum Gasteiger partial charge on any atom is 0.282 e. The number of carbonyl (C=O) groups is 2. The maximum atomic E-state index is 13.6. The SMILES string of the molecule is COc1ccccc1C1=C(Nc2ccc(F)cc2)C(=O)N(c2cccc(Cl)c2C)C1=O. The van der Waals surface area contributed by atoms with Crippen LogP contribution in [-0.4, -0.2) is 18.9 Å². The molecular formula is C24H18ClFN2O3. The first kappa shape index (κ1) is 20.6. The number of methoxy groups -OCH3 is 1. The Bertz CT molecular complexity index is 1220. The third-order valence-corrected chi connectivity index (χ3v) is 5.46. The number of hydrogen-bond acceptors (Lipinski definition) is 4. The summed E-state index contributed by atoms with van der Waals surface area (Å²) in [4.78, 5) is 28.1. The highest BCUT2D eigenvalue weighted by Gasteiger charge is 2.41. The summed E-state index contributed by atoms with van der Waals surface area (Å²) >= 11 is 6.24. The number of hydrogen-bond donors (Lipinski definition) is 1. The second-order valence-corrected chi connectivity index (χ2v) is 7.32. The molecule has 0 saturated heterocycles. The number of anilines is 2. The fourth-order valence-electron chi connectivity index (χ4n) is 3.48. The Morgan fingerprint density at radius 2 is 1.65 bits per heavy atom. The van der Waals surface area contributed by atoms with Gasteiger partial charge in [-0.05, 0) is 55.0 Å². The molecule has 2 amide bonds. The van der Waals surface area contributed by atoms with Crippen LogP contribution >= 0.6 is 11.6 Å². The molecule has 1 aliphatic rings. The van der Waals surface area contributed by atoms with Crippen molar-refractivity contribution < 1.29 is 18.7 Å². The molecule has 0 bridgehead atoms. The van der Waals surface area contributed by atoms with Crippen LogP contribution in [-0.2, 0) is 9.59 Å². The lowest BCUT2D eigenvalue weighted by Crippen LogP contribution is -2.33. The molecule has 7 heteroatoms. The maximum absolute atomic E-state index is 13.6. The van der Waals surface area contributed by atoms with Crippen molar-refractivity contribution >= 4 is 40.4 Å². The van der Waals surface area contributed by atoms with E-state index in [0.717, 1.165) is 4.90 Å². The zero-order valence-electron chi connectivity index (χ0n) is 16.8. The van der Waals surface area contributed by atoms with Crippen LogP contribution in [0, 0.1) is 12.7 Å². The first-order valence-electron chi connectivity index (χ1n) is 9.46. The van der Waals surface area contributed by atoms with Gasteiger partial charge in [0.05, 0.1) is 18.4 Å². The predicted molar refractivity (Wildman–Crippen MR) is 119 cm³/mol. The van der Waals surface area contributed by atoms with Gasteiger partial charge in [-0.3, -0.25) is 9.59 Å². The quantitative estimate of drug-likeness (QED) is 0.559. The lowest BCUT2D eigenvalue weighted by molar-refractivity contribution is -0.120. The zero-order chi connectivity index (χ0) is 22.1. The molecule has 1 heterocycles. The van der Waals surface area contributed by atoms with E-state index in [9.17, 15) is 14.0 Å². The van der Waals surface area contributed by atoms with Gasteiger partial charge >= 0.3 is 0 Å². The third kappa shape index (κ3) is 3.66. The Labute approximate surface area is 183 Å². The topological polar surface area (TPSA) is 58.6 Å². The van der Waals surface area contributed by atoms with Gasteiger partial charge in [0, 0.05) is 16.3 Å². The first-order valence-corrected chi connectivity index (χ1v) is 9.84. The van der Waals surface area contributed by atoms with Gasteiger partial charge in [0.15, 0.2) is 0 Å². The molecule has 1 aliphatic heterocycles. The number of nitrogens with zero attached hydrogens (tertiary/aromatic N) is 1. The minimum Gasteiger partial charge on any atom is -0.496 e. The van der Waals surface area contributed by atoms with Crippen LogP contribution in [0.2, 0.25) is 5.02 Å². The van der Waals surface area contributed by atoms with Crippen LogP contribution in [0.25, 0.3) is 5.57 Å². The summed E-state index contributed by atoms with van der Waals surface area (Å²) in [6, 6.07) is 17.5. The molecule has 0 fully saturated rings. The van der Waals surface area contributed by atoms with Crippen molar-refractivity contribution in [1.82, 2.24) is 0 Å². The minimum atomic E-state index is -0.541. The largest absolute Gasteiger partial charge is 0.496 e. The Kier molecular flexibility index (Phi) is 5.48. The van der Waals surface area contributed by atoms with E-state index < -0.39 is 17.6 Å². The fraction of sp³-hybridized carbons (Fsp3) is 0.0833. The number of amides is 2. The molecule has 0 radical (unpaired) electrons. The van der Waals surface area contributed by atoms with Crippen LogP contribution in [0.5, 0.6) is 5.75 Å². The molecule has 0 spiro atoms. The van der Waals surface area contributed by atoms with E-state index in [0.29, 0.717) is 33.3 Å². The smallest absolute Gasteiger partial charge is 0.282 e. The first-order chi connectivity index (χ1) is 14.9. The average Bonchev–Trinajstić information content (AvgIpc) is 3.01. The van der Waals surface area contributed by atoms with Gasteiger partial charge < -0.3 is 10.1 Å². The van der Waals surface area contributed by atoms with Crippen molar-refractivity contribution in [2.24, 2.45) is 0 Å². The number of halogens is 2. The molecule has 0 aliphatic carbocycles. The van der Waals surface area contributed by atoms with Crippen LogP contribution in [0.3, 0.4) is 0 Å². The Balaban J connectivity index is 1.88. The van der Waals surface area contributed by atoms with E-state index in [4.69, 9.17) is 16.3 Å². The van der Waals surface area contributed by atoms with Crippen molar-refractivity contribution in [3.63, 3.8) is 0 Å². The third-order valence-electron chi connectivity index (χ3n) is 5.05. The van der Waals surface area contributed by atoms with Gasteiger partial charge in [0.25, 0.3) is 11.8 Å². The molecule has 156 valence electrons. The van der Waals surface area contributed by atoms with E-state index in [-0.39, 0.29) is 11.3 Å². The molecule has 1 N–H and O–H groups in total. The number of rotatable bonds is 5. The molecule has 5 nitrogen and oxygen atoms in total. The monoisotopic (exact) mass is 436 g/mol. The number of nitrogens with one attached hydrogen (secondary N) is 1. The standard InChI is InChI=1S/C24H18ClFN2O3/c1-14-18(25)7-5-8-19(14)28-23(29)21(17-6-3-4-9-20(17)31-2)22(24(28)30)27-16-12-10-15(26)11-13-16/h3-13,27H,1-2H3. The highest BCUT2D eigenvalue weighted by molar-refractivity contribution is 6.47. The van der Waals surface area contributed by atoms with Crippen molar-refractivity contribution in [2.45, 2.75) is 6.92 Å². The van der Waals surface area contributed by atoms with Gasteiger partial charge in [-0.25, -0.2) is 9.29 Å². The summed E-state index contributed by atoms with van der Waals surface area (Å²) in [5.41, 5.74) is 2.16. The van der Waals surface area contributed by atoms with Gasteiger partial charge in [-0.2, -0.15) is 0 Å². The van der Waals surface area contributed by atoms with Gasteiger partial charge in [0.1, 0.15) is 17.3 Å². The van der Waals surface area contributed by atoms with Crippen LogP contribution in [0.4, 0.5) is 15.8 Å². The molecule has 3 aromatic rings. The lowest BCUT2D eigenvalue weighted by atomic mass is 10.0. The summed E-state index contributed by atoms with van der Waals surface area (Å²) in [6.07, 6.45) is 0. The number of imide groups is 1. The van der Waals surface area contributed by atoms with Gasteiger partial charge in [-0.15, -0.1) is 0 Å². The van der Waals surface area contributed by atoms with E-state index in [1.54, 1.807) is 49.4 Å². The second-order valence-electron chi connectivity index (χ2n) is 6.91. The number of ether oxygens (including phenoxy) is 1. The summed E-state index contributed by atoms with van der Waals surface area (Å²) in [6.45, 7) is 1.74. The fourth-order valence-corrected chi connectivity index (χ4v) is 3.65. The Hall–Kier alpha value is -3.64. The molecule has 0 aromatic heterocycles. The highest BCUT2D eigenvalue weighted by atomic mass is 35.5. The van der Waals surface area contributed by atoms with Crippen molar-refractivity contribution in [1.29, 1.82) is 0 Å². The van der Waals surface area contributed by atoms with Crippen LogP contribution in [0.1, 0.15) is 11.1 Å². The number of para-hydroxylation sites is 1. The molecule has 3 aromatic carbocycles. The molecule has 0 saturated carbocycles. The molecular weight excluding hydrogens is 419 g/mol. The normalized spacial score (nSPS) is 13.7. The molecule has 0 atom stereocenters. The van der Waals surface area contributed by atoms with Gasteiger partial charge in [-0.1, -0.05) is 35.9 Å². The highest BCUT2D eigenvalue weighted by Crippen LogP contribution is 2.39. The number of benzene rings is 3. The Morgan fingerprint density at radius 1 is 0.935 bits per heavy atom. The average molecular weight is 437 g/mol. The minimum absolute atomic E-state index is 0.0699. The van der Waals surface area contributed by atoms with Crippen LogP contribution in [0.15, 0.2) is 72.4 Å². The summed E-state index contributed by atoms with van der Waals surface area (Å²) < 4.78 is 18.8. The van der Waals surface area contributed by atoms with E-state index in [1.807, 2.05) is 0 Å². The molecule has 31 heavy (non-hydrogen) atoms. The summed E-state index contributed by atoms with van der Waals surface area (Å²) in [5.74, 6) is -1.01. The van der Waals surface area contributed by atoms with Crippen molar-refractivity contribution in [2.75, 3.05) is 17.3 Å². The second kappa shape index (κ2) is 8.24. The molecule has 4 rings (SSSR count). The summed E-state index contributed by atoms with van der Waals surface area (Å²) in [5, 5.41) is 3.44. The number of carbonyl (C=O) groups excluding carboxylic acids is 2. The zero-order valence-corrected chi connectivity index (χ0v) is 17.5. The van der Waals surface area contributed by atoms with E-state index in [1.165, 1.54) is 31.4 Å². The van der Waals surface area contributed by atoms with Crippen molar-refractivity contribution in [3.05, 3.63) is 94.4 Å². The van der Waals surface area contributed by atoms with E-state index >= 15 is 0 Å². The molecule has 0 unspecified atom stereocenters. The lowest BCUT2D eigenvalue weighted by Gasteiger charge is -2.18.